The normalized spacial score (nSPS) is 17.6. The van der Waals surface area contributed by atoms with Crippen molar-refractivity contribution in [3.63, 3.8) is 0 Å². The minimum absolute atomic E-state index is 0.0402. The number of imidazole rings is 1. The van der Waals surface area contributed by atoms with Crippen LogP contribution in [0.2, 0.25) is 0 Å². The maximum Gasteiger partial charge on any atom is 0.390 e. The number of alkyl halides is 5. The van der Waals surface area contributed by atoms with Gasteiger partial charge in [0.05, 0.1) is 42.3 Å². The molecule has 1 unspecified atom stereocenters. The summed E-state index contributed by atoms with van der Waals surface area (Å²) in [5, 5.41) is 10.7. The van der Waals surface area contributed by atoms with Crippen LogP contribution < -0.4 is 5.32 Å². The highest BCUT2D eigenvalue weighted by molar-refractivity contribution is 5.94. The van der Waals surface area contributed by atoms with Crippen LogP contribution in [-0.2, 0) is 6.54 Å². The molecule has 4 rings (SSSR count). The lowest BCUT2D eigenvalue weighted by atomic mass is 9.81. The van der Waals surface area contributed by atoms with E-state index in [2.05, 4.69) is 20.5 Å². The van der Waals surface area contributed by atoms with Gasteiger partial charge in [-0.25, -0.2) is 18.3 Å². The van der Waals surface area contributed by atoms with E-state index in [0.717, 1.165) is 10.9 Å². The molecule has 1 saturated carbocycles. The molecule has 3 aromatic heterocycles. The van der Waals surface area contributed by atoms with Gasteiger partial charge in [-0.15, -0.1) is 0 Å². The molecule has 3 heterocycles. The Morgan fingerprint density at radius 3 is 2.62 bits per heavy atom. The average molecular weight is 484 g/mol. The first-order chi connectivity index (χ1) is 16.0. The molecule has 1 fully saturated rings. The number of nitrogens with one attached hydrogen (secondary N) is 1. The predicted molar refractivity (Wildman–Crippen MR) is 108 cm³/mol. The van der Waals surface area contributed by atoms with Crippen LogP contribution in [0.3, 0.4) is 0 Å². The fraction of sp³-hybridized carbons (Fsp3) is 0.476. The number of aryl methyl sites for hydroxylation is 1. The fourth-order valence-corrected chi connectivity index (χ4v) is 4.02. The number of fused-ring (bicyclic) bond motifs is 1. The highest BCUT2D eigenvalue weighted by Crippen LogP contribution is 2.41. The quantitative estimate of drug-likeness (QED) is 0.404. The van der Waals surface area contributed by atoms with Crippen LogP contribution in [-0.4, -0.2) is 48.7 Å². The SMILES string of the molecule is O=Cc1cnn2cc(C(NC(=O)c3cnn(CCC(F)(F)F)c3)C3CCC(F)(F)CC3)nc2c1. The van der Waals surface area contributed by atoms with Gasteiger partial charge in [0.25, 0.3) is 5.91 Å². The Kier molecular flexibility index (Phi) is 6.36. The Balaban J connectivity index is 1.57. The molecular formula is C21H21F5N6O2. The molecule has 1 amide bonds. The van der Waals surface area contributed by atoms with Gasteiger partial charge in [0, 0.05) is 31.1 Å². The van der Waals surface area contributed by atoms with Crippen molar-refractivity contribution in [2.24, 2.45) is 5.92 Å². The summed E-state index contributed by atoms with van der Waals surface area (Å²) in [6.07, 6.45) is 0.0291. The summed E-state index contributed by atoms with van der Waals surface area (Å²) in [5.74, 6) is -3.73. The molecule has 1 N–H and O–H groups in total. The first kappa shape index (κ1) is 23.8. The number of hydrogen-bond donors (Lipinski definition) is 1. The molecule has 0 aliphatic heterocycles. The number of nitrogens with zero attached hydrogens (tertiary/aromatic N) is 5. The monoisotopic (exact) mass is 484 g/mol. The second-order valence-electron chi connectivity index (χ2n) is 8.38. The summed E-state index contributed by atoms with van der Waals surface area (Å²) < 4.78 is 67.3. The zero-order valence-electron chi connectivity index (χ0n) is 17.8. The third kappa shape index (κ3) is 5.57. The van der Waals surface area contributed by atoms with Crippen molar-refractivity contribution in [2.75, 3.05) is 0 Å². The molecular weight excluding hydrogens is 463 g/mol. The van der Waals surface area contributed by atoms with Gasteiger partial charge in [0.2, 0.25) is 5.92 Å². The standard InChI is InChI=1S/C21H21F5N6O2/c22-20(23)3-1-14(2-4-20)18(16-11-32-17(29-16)7-13(12-33)8-28-32)30-19(34)15-9-27-31(10-15)6-5-21(24,25)26/h7-12,14,18H,1-6H2,(H,30,34). The van der Waals surface area contributed by atoms with E-state index in [4.69, 9.17) is 0 Å². The molecule has 0 radical (unpaired) electrons. The Morgan fingerprint density at radius 1 is 1.21 bits per heavy atom. The summed E-state index contributed by atoms with van der Waals surface area (Å²) in [4.78, 5) is 28.4. The number of aldehydes is 1. The number of carbonyl (C=O) groups is 2. The minimum atomic E-state index is -4.36. The Bertz CT molecular complexity index is 1180. The number of aromatic nitrogens is 5. The van der Waals surface area contributed by atoms with Crippen LogP contribution in [0.15, 0.2) is 30.9 Å². The first-order valence-corrected chi connectivity index (χ1v) is 10.6. The molecule has 182 valence electrons. The van der Waals surface area contributed by atoms with Gasteiger partial charge < -0.3 is 5.32 Å². The van der Waals surface area contributed by atoms with Gasteiger partial charge in [-0.3, -0.25) is 14.3 Å². The van der Waals surface area contributed by atoms with Crippen LogP contribution in [0.5, 0.6) is 0 Å². The van der Waals surface area contributed by atoms with Gasteiger partial charge in [-0.05, 0) is 24.8 Å². The molecule has 3 aromatic rings. The second kappa shape index (κ2) is 9.11. The fourth-order valence-electron chi connectivity index (χ4n) is 4.02. The summed E-state index contributed by atoms with van der Waals surface area (Å²) in [6, 6.07) is 0.755. The van der Waals surface area contributed by atoms with Gasteiger partial charge >= 0.3 is 6.18 Å². The lowest BCUT2D eigenvalue weighted by molar-refractivity contribution is -0.137. The van der Waals surface area contributed by atoms with Gasteiger partial charge in [0.1, 0.15) is 0 Å². The van der Waals surface area contributed by atoms with Crippen molar-refractivity contribution >= 4 is 17.8 Å². The number of rotatable bonds is 7. The smallest absolute Gasteiger partial charge is 0.343 e. The molecule has 8 nitrogen and oxygen atoms in total. The second-order valence-corrected chi connectivity index (χ2v) is 8.38. The third-order valence-electron chi connectivity index (χ3n) is 5.85. The van der Waals surface area contributed by atoms with E-state index in [9.17, 15) is 31.5 Å². The van der Waals surface area contributed by atoms with Crippen LogP contribution in [0, 0.1) is 5.92 Å². The molecule has 34 heavy (non-hydrogen) atoms. The summed E-state index contributed by atoms with van der Waals surface area (Å²) in [5.41, 5.74) is 1.07. The molecule has 0 aromatic carbocycles. The summed E-state index contributed by atoms with van der Waals surface area (Å²) in [6.45, 7) is -0.435. The van der Waals surface area contributed by atoms with E-state index in [1.54, 1.807) is 6.20 Å². The maximum atomic E-state index is 13.7. The highest BCUT2D eigenvalue weighted by atomic mass is 19.4. The van der Waals surface area contributed by atoms with Gasteiger partial charge in [-0.1, -0.05) is 0 Å². The van der Waals surface area contributed by atoms with Crippen LogP contribution in [0.4, 0.5) is 22.0 Å². The topological polar surface area (TPSA) is 94.2 Å². The van der Waals surface area contributed by atoms with Crippen molar-refractivity contribution < 1.29 is 31.5 Å². The van der Waals surface area contributed by atoms with E-state index in [1.807, 2.05) is 0 Å². The molecule has 0 bridgehead atoms. The van der Waals surface area contributed by atoms with E-state index < -0.39 is 37.0 Å². The van der Waals surface area contributed by atoms with Gasteiger partial charge in [0.15, 0.2) is 11.9 Å². The predicted octanol–water partition coefficient (Wildman–Crippen LogP) is 3.99. The van der Waals surface area contributed by atoms with Crippen LogP contribution >= 0.6 is 0 Å². The molecule has 13 heteroatoms. The van der Waals surface area contributed by atoms with Crippen molar-refractivity contribution in [2.45, 2.75) is 56.8 Å². The third-order valence-corrected chi connectivity index (χ3v) is 5.85. The Morgan fingerprint density at radius 2 is 1.94 bits per heavy atom. The van der Waals surface area contributed by atoms with Gasteiger partial charge in [-0.2, -0.15) is 23.4 Å². The van der Waals surface area contributed by atoms with Crippen molar-refractivity contribution in [3.8, 4) is 0 Å². The first-order valence-electron chi connectivity index (χ1n) is 10.6. The van der Waals surface area contributed by atoms with Crippen LogP contribution in [0.1, 0.15) is 64.6 Å². The molecule has 1 atom stereocenters. The van der Waals surface area contributed by atoms with E-state index in [-0.39, 0.29) is 37.2 Å². The van der Waals surface area contributed by atoms with Crippen LogP contribution in [0.25, 0.3) is 5.65 Å². The molecule has 1 aliphatic carbocycles. The molecule has 1 aliphatic rings. The van der Waals surface area contributed by atoms with E-state index in [0.29, 0.717) is 23.2 Å². The Labute approximate surface area is 190 Å². The lowest BCUT2D eigenvalue weighted by Gasteiger charge is -2.33. The average Bonchev–Trinajstić information content (AvgIpc) is 3.42. The number of amides is 1. The van der Waals surface area contributed by atoms with Crippen molar-refractivity contribution in [3.05, 3.63) is 47.7 Å². The van der Waals surface area contributed by atoms with Crippen molar-refractivity contribution in [1.82, 2.24) is 29.7 Å². The van der Waals surface area contributed by atoms with E-state index in [1.165, 1.54) is 23.0 Å². The zero-order valence-corrected chi connectivity index (χ0v) is 17.8. The maximum absolute atomic E-state index is 13.7. The minimum Gasteiger partial charge on any atom is -0.343 e. The lowest BCUT2D eigenvalue weighted by Crippen LogP contribution is -2.37. The van der Waals surface area contributed by atoms with E-state index >= 15 is 0 Å². The highest BCUT2D eigenvalue weighted by Gasteiger charge is 2.39. The molecule has 0 saturated heterocycles. The zero-order chi connectivity index (χ0) is 24.5. The summed E-state index contributed by atoms with van der Waals surface area (Å²) in [7, 11) is 0. The summed E-state index contributed by atoms with van der Waals surface area (Å²) >= 11 is 0. The number of halogens is 5. The largest absolute Gasteiger partial charge is 0.390 e. The van der Waals surface area contributed by atoms with Crippen molar-refractivity contribution in [1.29, 1.82) is 0 Å². The molecule has 0 spiro atoms. The number of hydrogen-bond acceptors (Lipinski definition) is 5. The number of carbonyl (C=O) groups excluding carboxylic acids is 2. The Hall–Kier alpha value is -3.38.